The standard InChI is InChI=1S/C25H25N5O2/c1-17(21-4-2-6-23-22(21)5-3-11-27-23)32-16-25(31)29-14-19-8-9-20(15-29)30(19)24-10-7-18(12-26)13-28-24/h2-7,10-11,13,17,19-20H,8-9,14-16H2,1H3. The summed E-state index contributed by atoms with van der Waals surface area (Å²) in [5, 5.41) is 10.1. The summed E-state index contributed by atoms with van der Waals surface area (Å²) in [5.41, 5.74) is 2.53. The maximum absolute atomic E-state index is 13.0. The van der Waals surface area contributed by atoms with Crippen LogP contribution in [0.3, 0.4) is 0 Å². The van der Waals surface area contributed by atoms with Gasteiger partial charge in [-0.2, -0.15) is 5.26 Å². The Labute approximate surface area is 187 Å². The Kier molecular flexibility index (Phi) is 5.46. The molecule has 32 heavy (non-hydrogen) atoms. The minimum atomic E-state index is -0.201. The number of rotatable bonds is 5. The molecule has 3 atom stereocenters. The first-order valence-corrected chi connectivity index (χ1v) is 11.0. The lowest BCUT2D eigenvalue weighted by Crippen LogP contribution is -2.56. The van der Waals surface area contributed by atoms with Crippen molar-refractivity contribution in [3.8, 4) is 6.07 Å². The molecule has 7 heteroatoms. The number of likely N-dealkylation sites (tertiary alicyclic amines) is 1. The van der Waals surface area contributed by atoms with Crippen LogP contribution in [-0.4, -0.2) is 52.6 Å². The van der Waals surface area contributed by atoms with E-state index in [1.807, 2.05) is 48.2 Å². The van der Waals surface area contributed by atoms with Crippen LogP contribution in [0.2, 0.25) is 0 Å². The van der Waals surface area contributed by atoms with Crippen molar-refractivity contribution in [1.82, 2.24) is 14.9 Å². The van der Waals surface area contributed by atoms with E-state index in [4.69, 9.17) is 10.00 Å². The number of hydrogen-bond donors (Lipinski definition) is 0. The zero-order valence-corrected chi connectivity index (χ0v) is 18.0. The smallest absolute Gasteiger partial charge is 0.248 e. The summed E-state index contributed by atoms with van der Waals surface area (Å²) in [6.07, 6.45) is 5.27. The third kappa shape index (κ3) is 3.78. The minimum absolute atomic E-state index is 0.0274. The maximum Gasteiger partial charge on any atom is 0.248 e. The number of carbonyl (C=O) groups excluding carboxylic acids is 1. The molecule has 7 nitrogen and oxygen atoms in total. The number of aromatic nitrogens is 2. The van der Waals surface area contributed by atoms with Crippen molar-refractivity contribution in [2.75, 3.05) is 24.6 Å². The minimum Gasteiger partial charge on any atom is -0.364 e. The average molecular weight is 428 g/mol. The first-order valence-electron chi connectivity index (χ1n) is 11.0. The van der Waals surface area contributed by atoms with Crippen LogP contribution in [0, 0.1) is 11.3 Å². The van der Waals surface area contributed by atoms with E-state index in [9.17, 15) is 4.79 Å². The van der Waals surface area contributed by atoms with Crippen LogP contribution in [0.1, 0.15) is 37.0 Å². The molecule has 1 amide bonds. The van der Waals surface area contributed by atoms with E-state index in [0.29, 0.717) is 18.7 Å². The van der Waals surface area contributed by atoms with E-state index in [1.54, 1.807) is 18.5 Å². The van der Waals surface area contributed by atoms with E-state index in [2.05, 4.69) is 20.9 Å². The molecule has 0 spiro atoms. The number of anilines is 1. The number of pyridine rings is 2. The fraction of sp³-hybridized carbons (Fsp3) is 0.360. The quantitative estimate of drug-likeness (QED) is 0.620. The van der Waals surface area contributed by atoms with Gasteiger partial charge < -0.3 is 14.5 Å². The fourth-order valence-corrected chi connectivity index (χ4v) is 4.94. The number of carbonyl (C=O) groups is 1. The Bertz CT molecular complexity index is 1150. The van der Waals surface area contributed by atoms with Gasteiger partial charge in [-0.15, -0.1) is 0 Å². The van der Waals surface area contributed by atoms with Crippen molar-refractivity contribution in [1.29, 1.82) is 5.26 Å². The van der Waals surface area contributed by atoms with Crippen molar-refractivity contribution in [2.45, 2.75) is 38.0 Å². The van der Waals surface area contributed by atoms with Crippen LogP contribution in [0.25, 0.3) is 10.9 Å². The van der Waals surface area contributed by atoms with E-state index in [-0.39, 0.29) is 30.7 Å². The predicted molar refractivity (Wildman–Crippen MR) is 121 cm³/mol. The van der Waals surface area contributed by atoms with Gasteiger partial charge in [-0.1, -0.05) is 18.2 Å². The van der Waals surface area contributed by atoms with Gasteiger partial charge in [0.1, 0.15) is 18.5 Å². The molecule has 2 aliphatic heterocycles. The maximum atomic E-state index is 13.0. The van der Waals surface area contributed by atoms with Crippen LogP contribution in [-0.2, 0) is 9.53 Å². The molecule has 2 fully saturated rings. The van der Waals surface area contributed by atoms with Gasteiger partial charge in [0.2, 0.25) is 5.91 Å². The second kappa shape index (κ2) is 8.56. The molecule has 0 radical (unpaired) electrons. The van der Waals surface area contributed by atoms with Crippen LogP contribution in [0.5, 0.6) is 0 Å². The Hall–Kier alpha value is -3.50. The van der Waals surface area contributed by atoms with Gasteiger partial charge in [-0.05, 0) is 49.6 Å². The third-order valence-electron chi connectivity index (χ3n) is 6.55. The summed E-state index contributed by atoms with van der Waals surface area (Å²) in [7, 11) is 0. The van der Waals surface area contributed by atoms with Gasteiger partial charge >= 0.3 is 0 Å². The van der Waals surface area contributed by atoms with Gasteiger partial charge in [-0.3, -0.25) is 9.78 Å². The first kappa shape index (κ1) is 20.4. The molecule has 0 N–H and O–H groups in total. The molecule has 2 saturated heterocycles. The number of amides is 1. The highest BCUT2D eigenvalue weighted by Crippen LogP contribution is 2.34. The highest BCUT2D eigenvalue weighted by Gasteiger charge is 2.41. The molecule has 2 aliphatic rings. The SMILES string of the molecule is CC(OCC(=O)N1CC2CCC(C1)N2c1ccc(C#N)cn1)c1cccc2ncccc12. The molecule has 0 saturated carbocycles. The normalized spacial score (nSPS) is 20.9. The fourth-order valence-electron chi connectivity index (χ4n) is 4.94. The van der Waals surface area contributed by atoms with Gasteiger partial charge in [0.15, 0.2) is 0 Å². The van der Waals surface area contributed by atoms with Gasteiger partial charge in [-0.25, -0.2) is 4.98 Å². The van der Waals surface area contributed by atoms with Crippen molar-refractivity contribution in [3.05, 3.63) is 66.0 Å². The van der Waals surface area contributed by atoms with Gasteiger partial charge in [0.05, 0.1) is 17.2 Å². The van der Waals surface area contributed by atoms with Crippen molar-refractivity contribution >= 4 is 22.6 Å². The molecule has 0 aliphatic carbocycles. The summed E-state index contributed by atoms with van der Waals surface area (Å²) < 4.78 is 6.00. The summed E-state index contributed by atoms with van der Waals surface area (Å²) in [5.74, 6) is 0.914. The van der Waals surface area contributed by atoms with Crippen molar-refractivity contribution < 1.29 is 9.53 Å². The monoisotopic (exact) mass is 427 g/mol. The Morgan fingerprint density at radius 3 is 2.69 bits per heavy atom. The molecule has 2 aromatic heterocycles. The number of ether oxygens (including phenoxy) is 1. The predicted octanol–water partition coefficient (Wildman–Crippen LogP) is 3.46. The van der Waals surface area contributed by atoms with E-state index < -0.39 is 0 Å². The molecular formula is C25H25N5O2. The molecule has 2 bridgehead atoms. The highest BCUT2D eigenvalue weighted by atomic mass is 16.5. The lowest BCUT2D eigenvalue weighted by molar-refractivity contribution is -0.139. The highest BCUT2D eigenvalue weighted by molar-refractivity contribution is 5.82. The largest absolute Gasteiger partial charge is 0.364 e. The lowest BCUT2D eigenvalue weighted by Gasteiger charge is -2.41. The third-order valence-corrected chi connectivity index (χ3v) is 6.55. The molecule has 1 aromatic carbocycles. The van der Waals surface area contributed by atoms with Gasteiger partial charge in [0.25, 0.3) is 0 Å². The second-order valence-corrected chi connectivity index (χ2v) is 8.48. The first-order chi connectivity index (χ1) is 15.6. The number of nitriles is 1. The van der Waals surface area contributed by atoms with Gasteiger partial charge in [0, 0.05) is 43.0 Å². The zero-order chi connectivity index (χ0) is 22.1. The van der Waals surface area contributed by atoms with Crippen molar-refractivity contribution in [3.63, 3.8) is 0 Å². The molecule has 4 heterocycles. The average Bonchev–Trinajstić information content (AvgIpc) is 3.10. The van der Waals surface area contributed by atoms with Crippen LogP contribution >= 0.6 is 0 Å². The summed E-state index contributed by atoms with van der Waals surface area (Å²) >= 11 is 0. The van der Waals surface area contributed by atoms with Crippen LogP contribution in [0.15, 0.2) is 54.9 Å². The Balaban J connectivity index is 1.22. The summed E-state index contributed by atoms with van der Waals surface area (Å²) in [6, 6.07) is 16.3. The number of nitrogens with zero attached hydrogens (tertiary/aromatic N) is 5. The number of fused-ring (bicyclic) bond motifs is 3. The Morgan fingerprint density at radius 1 is 1.16 bits per heavy atom. The molecular weight excluding hydrogens is 402 g/mol. The van der Waals surface area contributed by atoms with E-state index in [1.165, 1.54) is 0 Å². The van der Waals surface area contributed by atoms with Crippen molar-refractivity contribution in [2.24, 2.45) is 0 Å². The molecule has 5 rings (SSSR count). The summed E-state index contributed by atoms with van der Waals surface area (Å²) in [6.45, 7) is 3.39. The number of hydrogen-bond acceptors (Lipinski definition) is 6. The molecule has 162 valence electrons. The van der Waals surface area contributed by atoms with E-state index in [0.717, 1.165) is 35.1 Å². The lowest BCUT2D eigenvalue weighted by atomic mass is 10.0. The summed E-state index contributed by atoms with van der Waals surface area (Å²) in [4.78, 5) is 26.1. The molecule has 3 aromatic rings. The van der Waals surface area contributed by atoms with Crippen LogP contribution in [0.4, 0.5) is 5.82 Å². The van der Waals surface area contributed by atoms with E-state index >= 15 is 0 Å². The zero-order valence-electron chi connectivity index (χ0n) is 18.0. The second-order valence-electron chi connectivity index (χ2n) is 8.48. The van der Waals surface area contributed by atoms with Crippen LogP contribution < -0.4 is 4.90 Å². The molecule has 3 unspecified atom stereocenters. The number of benzene rings is 1. The Morgan fingerprint density at radius 2 is 1.97 bits per heavy atom. The topological polar surface area (TPSA) is 82.4 Å². The number of piperazine rings is 1.